The third kappa shape index (κ3) is 3.63. The van der Waals surface area contributed by atoms with E-state index >= 15 is 0 Å². The highest BCUT2D eigenvalue weighted by Gasteiger charge is 2.49. The third-order valence-corrected chi connectivity index (χ3v) is 6.22. The van der Waals surface area contributed by atoms with Gasteiger partial charge in [-0.05, 0) is 58.8 Å². The molecule has 2 atom stereocenters. The molecule has 3 aliphatic heterocycles. The quantitative estimate of drug-likeness (QED) is 0.824. The minimum atomic E-state index is -0.222. The molecule has 0 aromatic rings. The molecule has 0 radical (unpaired) electrons. The fourth-order valence-electron chi connectivity index (χ4n) is 5.56. The molecule has 0 aliphatic carbocycles. The van der Waals surface area contributed by atoms with Crippen molar-refractivity contribution in [1.29, 1.82) is 0 Å². The molecular weight excluding hydrogens is 304 g/mol. The van der Waals surface area contributed by atoms with E-state index in [1.165, 1.54) is 0 Å². The predicted octanol–water partition coefficient (Wildman–Crippen LogP) is 1.79. The highest BCUT2D eigenvalue weighted by molar-refractivity contribution is 5.77. The zero-order valence-electron chi connectivity index (χ0n) is 15.7. The molecular formula is C19H34N2O3. The molecule has 0 spiro atoms. The van der Waals surface area contributed by atoms with Gasteiger partial charge in [0.25, 0.3) is 0 Å². The van der Waals surface area contributed by atoms with Gasteiger partial charge in [0.05, 0.1) is 13.2 Å². The van der Waals surface area contributed by atoms with E-state index in [1.807, 2.05) is 4.90 Å². The maximum atomic E-state index is 12.9. The third-order valence-electron chi connectivity index (χ3n) is 6.22. The topological polar surface area (TPSA) is 61.8 Å². The van der Waals surface area contributed by atoms with Crippen LogP contribution < -0.4 is 5.32 Å². The summed E-state index contributed by atoms with van der Waals surface area (Å²) in [6, 6.07) is 0. The first-order chi connectivity index (χ1) is 11.1. The highest BCUT2D eigenvalue weighted by Crippen LogP contribution is 2.42. The van der Waals surface area contributed by atoms with Crippen molar-refractivity contribution >= 4 is 5.91 Å². The largest absolute Gasteiger partial charge is 0.396 e. The van der Waals surface area contributed by atoms with Crippen LogP contribution in [-0.2, 0) is 9.53 Å². The first-order valence-corrected chi connectivity index (χ1v) is 9.41. The van der Waals surface area contributed by atoms with Crippen LogP contribution in [0.5, 0.6) is 0 Å². The van der Waals surface area contributed by atoms with Crippen LogP contribution in [0.3, 0.4) is 0 Å². The molecule has 5 heteroatoms. The van der Waals surface area contributed by atoms with Crippen molar-refractivity contribution in [3.63, 3.8) is 0 Å². The van der Waals surface area contributed by atoms with Gasteiger partial charge in [-0.1, -0.05) is 0 Å². The minimum absolute atomic E-state index is 0.0753. The number of likely N-dealkylation sites (tertiary alicyclic amines) is 1. The van der Waals surface area contributed by atoms with Crippen LogP contribution in [0.1, 0.15) is 53.4 Å². The number of rotatable bonds is 3. The highest BCUT2D eigenvalue weighted by atomic mass is 16.5. The Balaban J connectivity index is 1.63. The second kappa shape index (κ2) is 6.26. The number of hydrogen-bond acceptors (Lipinski definition) is 4. The molecule has 0 aromatic carbocycles. The molecule has 1 amide bonds. The van der Waals surface area contributed by atoms with Crippen molar-refractivity contribution in [3.8, 4) is 0 Å². The van der Waals surface area contributed by atoms with Gasteiger partial charge in [-0.25, -0.2) is 0 Å². The number of amides is 1. The van der Waals surface area contributed by atoms with Crippen molar-refractivity contribution in [3.05, 3.63) is 0 Å². The van der Waals surface area contributed by atoms with Crippen molar-refractivity contribution in [2.45, 2.75) is 64.5 Å². The normalized spacial score (nSPS) is 35.7. The number of ether oxygens (including phenoxy) is 1. The monoisotopic (exact) mass is 338 g/mol. The molecule has 5 nitrogen and oxygen atoms in total. The van der Waals surface area contributed by atoms with Gasteiger partial charge in [-0.2, -0.15) is 0 Å². The number of nitrogens with zero attached hydrogens (tertiary/aromatic N) is 1. The van der Waals surface area contributed by atoms with Crippen molar-refractivity contribution in [2.24, 2.45) is 17.3 Å². The number of aliphatic hydroxyl groups is 1. The molecule has 3 saturated heterocycles. The standard InChI is InChI=1S/C19H34N2O3/c1-17(2)8-14(9-18(3,4)20-17)7-16(23)21-10-15-5-6-24-13-19(15,11-21)12-22/h14-15,20,22H,5-13H2,1-4H3/t15-,19+/m0/s1. The van der Waals surface area contributed by atoms with Crippen LogP contribution >= 0.6 is 0 Å². The second-order valence-corrected chi connectivity index (χ2v) is 9.70. The van der Waals surface area contributed by atoms with Crippen LogP contribution in [0.15, 0.2) is 0 Å². The summed E-state index contributed by atoms with van der Waals surface area (Å²) in [5, 5.41) is 13.6. The van der Waals surface area contributed by atoms with Gasteiger partial charge in [0.15, 0.2) is 0 Å². The average Bonchev–Trinajstić information content (AvgIpc) is 2.84. The Bertz CT molecular complexity index is 475. The number of piperidine rings is 1. The lowest BCUT2D eigenvalue weighted by atomic mass is 9.74. The summed E-state index contributed by atoms with van der Waals surface area (Å²) in [6.07, 6.45) is 3.66. The average molecular weight is 338 g/mol. The van der Waals surface area contributed by atoms with Gasteiger partial charge >= 0.3 is 0 Å². The van der Waals surface area contributed by atoms with E-state index in [0.29, 0.717) is 31.4 Å². The van der Waals surface area contributed by atoms with E-state index in [1.54, 1.807) is 0 Å². The number of aliphatic hydroxyl groups excluding tert-OH is 1. The summed E-state index contributed by atoms with van der Waals surface area (Å²) in [5.74, 6) is 1.07. The Morgan fingerprint density at radius 2 is 1.92 bits per heavy atom. The van der Waals surface area contributed by atoms with Gasteiger partial charge in [-0.15, -0.1) is 0 Å². The van der Waals surface area contributed by atoms with Crippen LogP contribution in [0.4, 0.5) is 0 Å². The lowest BCUT2D eigenvalue weighted by Crippen LogP contribution is -2.58. The summed E-state index contributed by atoms with van der Waals surface area (Å²) < 4.78 is 5.60. The smallest absolute Gasteiger partial charge is 0.222 e. The lowest BCUT2D eigenvalue weighted by molar-refractivity contribution is -0.132. The summed E-state index contributed by atoms with van der Waals surface area (Å²) in [4.78, 5) is 14.9. The Labute approximate surface area is 146 Å². The molecule has 138 valence electrons. The predicted molar refractivity (Wildman–Crippen MR) is 93.7 cm³/mol. The molecule has 3 aliphatic rings. The van der Waals surface area contributed by atoms with Crippen molar-refractivity contribution < 1.29 is 14.6 Å². The molecule has 24 heavy (non-hydrogen) atoms. The molecule has 3 heterocycles. The zero-order valence-corrected chi connectivity index (χ0v) is 15.7. The number of carbonyl (C=O) groups is 1. The lowest BCUT2D eigenvalue weighted by Gasteiger charge is -2.46. The van der Waals surface area contributed by atoms with E-state index < -0.39 is 0 Å². The second-order valence-electron chi connectivity index (χ2n) is 9.70. The van der Waals surface area contributed by atoms with E-state index in [-0.39, 0.29) is 29.0 Å². The van der Waals surface area contributed by atoms with Gasteiger partial charge in [0.2, 0.25) is 5.91 Å². The minimum Gasteiger partial charge on any atom is -0.396 e. The summed E-state index contributed by atoms with van der Waals surface area (Å²) in [5.41, 5.74) is -0.0711. The van der Waals surface area contributed by atoms with Gasteiger partial charge < -0.3 is 20.1 Å². The molecule has 0 bridgehead atoms. The van der Waals surface area contributed by atoms with Crippen molar-refractivity contribution in [2.75, 3.05) is 32.9 Å². The maximum absolute atomic E-state index is 12.9. The van der Waals surface area contributed by atoms with Crippen molar-refractivity contribution in [1.82, 2.24) is 10.2 Å². The number of hydrogen-bond donors (Lipinski definition) is 2. The molecule has 2 N–H and O–H groups in total. The molecule has 3 rings (SSSR count). The SMILES string of the molecule is CC1(C)CC(CC(=O)N2C[C@@H]3CCOC[C@]3(CO)C2)CC(C)(C)N1. The van der Waals surface area contributed by atoms with E-state index in [4.69, 9.17) is 4.74 Å². The fraction of sp³-hybridized carbons (Fsp3) is 0.947. The fourth-order valence-corrected chi connectivity index (χ4v) is 5.56. The first kappa shape index (κ1) is 18.2. The Kier molecular flexibility index (Phi) is 4.73. The van der Waals surface area contributed by atoms with E-state index in [9.17, 15) is 9.90 Å². The first-order valence-electron chi connectivity index (χ1n) is 9.41. The molecule has 3 fully saturated rings. The number of nitrogens with one attached hydrogen (secondary N) is 1. The number of fused-ring (bicyclic) bond motifs is 1. The molecule has 0 aromatic heterocycles. The van der Waals surface area contributed by atoms with Crippen LogP contribution in [0.2, 0.25) is 0 Å². The zero-order chi connectivity index (χ0) is 17.6. The van der Waals surface area contributed by atoms with E-state index in [2.05, 4.69) is 33.0 Å². The van der Waals surface area contributed by atoms with Gasteiger partial charge in [-0.3, -0.25) is 4.79 Å². The van der Waals surface area contributed by atoms with E-state index in [0.717, 1.165) is 32.4 Å². The maximum Gasteiger partial charge on any atom is 0.222 e. The molecule has 0 unspecified atom stereocenters. The Hall–Kier alpha value is -0.650. The summed E-state index contributed by atoms with van der Waals surface area (Å²) >= 11 is 0. The number of carbonyl (C=O) groups excluding carboxylic acids is 1. The Morgan fingerprint density at radius 1 is 1.25 bits per heavy atom. The van der Waals surface area contributed by atoms with Crippen LogP contribution in [0, 0.1) is 17.3 Å². The Morgan fingerprint density at radius 3 is 2.50 bits per heavy atom. The summed E-state index contributed by atoms with van der Waals surface area (Å²) in [6.45, 7) is 11.8. The van der Waals surface area contributed by atoms with Crippen LogP contribution in [-0.4, -0.2) is 59.9 Å². The molecule has 0 saturated carbocycles. The van der Waals surface area contributed by atoms with Gasteiger partial charge in [0.1, 0.15) is 0 Å². The summed E-state index contributed by atoms with van der Waals surface area (Å²) in [7, 11) is 0. The van der Waals surface area contributed by atoms with Gasteiger partial charge in [0, 0.05) is 42.6 Å². The van der Waals surface area contributed by atoms with Crippen LogP contribution in [0.25, 0.3) is 0 Å².